The lowest BCUT2D eigenvalue weighted by Crippen LogP contribution is -2.36. The average Bonchev–Trinajstić information content (AvgIpc) is 2.94. The van der Waals surface area contributed by atoms with Gasteiger partial charge in [0, 0.05) is 17.5 Å². The van der Waals surface area contributed by atoms with E-state index in [1.165, 1.54) is 23.9 Å². The van der Waals surface area contributed by atoms with Crippen molar-refractivity contribution in [2.24, 2.45) is 4.99 Å². The maximum absolute atomic E-state index is 13.0. The molecule has 0 bridgehead atoms. The standard InChI is InChI=1S/C17H14Cl2FN3OS/c1-10-9-23(16(24)21-13-6-7-14(18)15(19)8-13)17(25-10)22-12-4-2-11(20)3-5-12/h2-8,10H,9H2,1H3,(H,21,24). The molecule has 2 amide bonds. The molecule has 1 saturated heterocycles. The van der Waals surface area contributed by atoms with Gasteiger partial charge in [-0.1, -0.05) is 41.9 Å². The van der Waals surface area contributed by atoms with Crippen LogP contribution in [-0.2, 0) is 0 Å². The molecular weight excluding hydrogens is 384 g/mol. The number of thioether (sulfide) groups is 1. The molecule has 1 fully saturated rings. The van der Waals surface area contributed by atoms with E-state index in [0.29, 0.717) is 33.1 Å². The van der Waals surface area contributed by atoms with Crippen molar-refractivity contribution >= 4 is 57.5 Å². The van der Waals surface area contributed by atoms with Crippen LogP contribution >= 0.6 is 35.0 Å². The molecule has 2 aromatic carbocycles. The molecule has 3 rings (SSSR count). The number of urea groups is 1. The zero-order valence-electron chi connectivity index (χ0n) is 13.2. The molecule has 130 valence electrons. The lowest BCUT2D eigenvalue weighted by molar-refractivity contribution is 0.235. The van der Waals surface area contributed by atoms with E-state index in [4.69, 9.17) is 23.2 Å². The highest BCUT2D eigenvalue weighted by atomic mass is 35.5. The Balaban J connectivity index is 1.79. The van der Waals surface area contributed by atoms with Crippen LogP contribution in [0.1, 0.15) is 6.92 Å². The van der Waals surface area contributed by atoms with Crippen LogP contribution in [0.4, 0.5) is 20.6 Å². The lowest BCUT2D eigenvalue weighted by atomic mass is 10.3. The fourth-order valence-corrected chi connectivity index (χ4v) is 3.59. The van der Waals surface area contributed by atoms with Crippen LogP contribution in [0.5, 0.6) is 0 Å². The Hall–Kier alpha value is -1.76. The SMILES string of the molecule is CC1CN(C(=O)Nc2ccc(Cl)c(Cl)c2)C(=Nc2ccc(F)cc2)S1. The van der Waals surface area contributed by atoms with Gasteiger partial charge >= 0.3 is 6.03 Å². The van der Waals surface area contributed by atoms with Crippen LogP contribution < -0.4 is 5.32 Å². The molecule has 25 heavy (non-hydrogen) atoms. The molecule has 1 atom stereocenters. The highest BCUT2D eigenvalue weighted by Crippen LogP contribution is 2.30. The van der Waals surface area contributed by atoms with Crippen LogP contribution in [-0.4, -0.2) is 27.9 Å². The Kier molecular flexibility index (Phi) is 5.51. The second kappa shape index (κ2) is 7.64. The molecule has 4 nitrogen and oxygen atoms in total. The van der Waals surface area contributed by atoms with Crippen molar-refractivity contribution in [1.29, 1.82) is 0 Å². The summed E-state index contributed by atoms with van der Waals surface area (Å²) in [4.78, 5) is 18.6. The van der Waals surface area contributed by atoms with Gasteiger partial charge in [-0.15, -0.1) is 0 Å². The third kappa shape index (κ3) is 4.45. The first-order chi connectivity index (χ1) is 11.9. The Bertz CT molecular complexity index is 829. The Labute approximate surface area is 159 Å². The third-order valence-corrected chi connectivity index (χ3v) is 5.26. The number of nitrogens with zero attached hydrogens (tertiary/aromatic N) is 2. The summed E-state index contributed by atoms with van der Waals surface area (Å²) in [6.07, 6.45) is 0. The van der Waals surface area contributed by atoms with Crippen molar-refractivity contribution in [3.63, 3.8) is 0 Å². The predicted molar refractivity (Wildman–Crippen MR) is 103 cm³/mol. The number of aliphatic imine (C=N–C) groups is 1. The van der Waals surface area contributed by atoms with E-state index >= 15 is 0 Å². The van der Waals surface area contributed by atoms with Gasteiger partial charge in [0.25, 0.3) is 0 Å². The number of carbonyl (C=O) groups excluding carboxylic acids is 1. The largest absolute Gasteiger partial charge is 0.327 e. The van der Waals surface area contributed by atoms with Crippen LogP contribution in [0.2, 0.25) is 10.0 Å². The first-order valence-corrected chi connectivity index (χ1v) is 9.10. The topological polar surface area (TPSA) is 44.7 Å². The van der Waals surface area contributed by atoms with E-state index in [-0.39, 0.29) is 17.1 Å². The van der Waals surface area contributed by atoms with Crippen LogP contribution in [0.3, 0.4) is 0 Å². The summed E-state index contributed by atoms with van der Waals surface area (Å²) in [6, 6.07) is 10.4. The summed E-state index contributed by atoms with van der Waals surface area (Å²) in [5, 5.41) is 4.35. The maximum Gasteiger partial charge on any atom is 0.327 e. The van der Waals surface area contributed by atoms with Crippen molar-refractivity contribution in [3.8, 4) is 0 Å². The highest BCUT2D eigenvalue weighted by Gasteiger charge is 2.31. The van der Waals surface area contributed by atoms with Gasteiger partial charge in [0.2, 0.25) is 0 Å². The maximum atomic E-state index is 13.0. The van der Waals surface area contributed by atoms with Crippen molar-refractivity contribution in [2.45, 2.75) is 12.2 Å². The monoisotopic (exact) mass is 397 g/mol. The Morgan fingerprint density at radius 1 is 1.24 bits per heavy atom. The molecule has 8 heteroatoms. The number of carbonyl (C=O) groups is 1. The zero-order chi connectivity index (χ0) is 18.0. The second-order valence-electron chi connectivity index (χ2n) is 5.47. The fourth-order valence-electron chi connectivity index (χ4n) is 2.26. The minimum atomic E-state index is -0.328. The summed E-state index contributed by atoms with van der Waals surface area (Å²) >= 11 is 13.3. The summed E-state index contributed by atoms with van der Waals surface area (Å²) in [5.74, 6) is -0.328. The molecule has 0 aliphatic carbocycles. The molecule has 1 N–H and O–H groups in total. The number of amidine groups is 1. The molecule has 1 aliphatic rings. The van der Waals surface area contributed by atoms with Crippen molar-refractivity contribution in [2.75, 3.05) is 11.9 Å². The van der Waals surface area contributed by atoms with Crippen LogP contribution in [0.25, 0.3) is 0 Å². The van der Waals surface area contributed by atoms with Crippen molar-refractivity contribution in [1.82, 2.24) is 4.90 Å². The zero-order valence-corrected chi connectivity index (χ0v) is 15.5. The number of halogens is 3. The highest BCUT2D eigenvalue weighted by molar-refractivity contribution is 8.14. The van der Waals surface area contributed by atoms with E-state index in [9.17, 15) is 9.18 Å². The molecular formula is C17H14Cl2FN3OS. The second-order valence-corrected chi connectivity index (χ2v) is 7.69. The van der Waals surface area contributed by atoms with Gasteiger partial charge in [-0.2, -0.15) is 0 Å². The van der Waals surface area contributed by atoms with Gasteiger partial charge in [0.15, 0.2) is 5.17 Å². The number of rotatable bonds is 2. The van der Waals surface area contributed by atoms with Gasteiger partial charge in [0.1, 0.15) is 5.82 Å². The molecule has 0 saturated carbocycles. The molecule has 0 aromatic heterocycles. The molecule has 0 spiro atoms. The van der Waals surface area contributed by atoms with E-state index in [0.717, 1.165) is 0 Å². The summed E-state index contributed by atoms with van der Waals surface area (Å²) < 4.78 is 13.0. The van der Waals surface area contributed by atoms with Gasteiger partial charge in [-0.3, -0.25) is 4.90 Å². The molecule has 1 aliphatic heterocycles. The average molecular weight is 398 g/mol. The first kappa shape index (κ1) is 18.0. The number of benzene rings is 2. The lowest BCUT2D eigenvalue weighted by Gasteiger charge is -2.17. The summed E-state index contributed by atoms with van der Waals surface area (Å²) in [5.41, 5.74) is 1.13. The number of nitrogens with one attached hydrogen (secondary N) is 1. The van der Waals surface area contributed by atoms with Crippen molar-refractivity contribution in [3.05, 3.63) is 58.3 Å². The molecule has 2 aromatic rings. The molecule has 1 unspecified atom stereocenters. The Morgan fingerprint density at radius 3 is 2.64 bits per heavy atom. The van der Waals surface area contributed by atoms with Crippen LogP contribution in [0.15, 0.2) is 47.5 Å². The normalized spacial score (nSPS) is 18.6. The van der Waals surface area contributed by atoms with Gasteiger partial charge in [-0.25, -0.2) is 14.2 Å². The molecule has 0 radical (unpaired) electrons. The summed E-state index contributed by atoms with van der Waals surface area (Å²) in [7, 11) is 0. The number of anilines is 1. The van der Waals surface area contributed by atoms with E-state index in [1.807, 2.05) is 6.92 Å². The minimum absolute atomic E-state index is 0.207. The fraction of sp³-hybridized carbons (Fsp3) is 0.176. The quantitative estimate of drug-likeness (QED) is 0.696. The number of amides is 2. The molecule has 1 heterocycles. The predicted octanol–water partition coefficient (Wildman–Crippen LogP) is 5.79. The third-order valence-electron chi connectivity index (χ3n) is 3.44. The first-order valence-electron chi connectivity index (χ1n) is 7.47. The van der Waals surface area contributed by atoms with E-state index in [1.54, 1.807) is 35.2 Å². The van der Waals surface area contributed by atoms with Gasteiger partial charge in [-0.05, 0) is 42.5 Å². The van der Waals surface area contributed by atoms with E-state index in [2.05, 4.69) is 10.3 Å². The van der Waals surface area contributed by atoms with Crippen LogP contribution in [0, 0.1) is 5.82 Å². The Morgan fingerprint density at radius 2 is 1.96 bits per heavy atom. The van der Waals surface area contributed by atoms with Gasteiger partial charge in [0.05, 0.1) is 15.7 Å². The van der Waals surface area contributed by atoms with E-state index < -0.39 is 0 Å². The minimum Gasteiger partial charge on any atom is -0.307 e. The number of hydrogen-bond acceptors (Lipinski definition) is 3. The van der Waals surface area contributed by atoms with Crippen molar-refractivity contribution < 1.29 is 9.18 Å². The van der Waals surface area contributed by atoms with Gasteiger partial charge < -0.3 is 5.32 Å². The smallest absolute Gasteiger partial charge is 0.307 e. The number of hydrogen-bond donors (Lipinski definition) is 1. The summed E-state index contributed by atoms with van der Waals surface area (Å²) in [6.45, 7) is 2.54.